The largest absolute Gasteiger partial charge is 0.476 e. The van der Waals surface area contributed by atoms with E-state index in [9.17, 15) is 0 Å². The van der Waals surface area contributed by atoms with Crippen molar-refractivity contribution in [2.45, 2.75) is 27.0 Å². The number of rotatable bonds is 2. The van der Waals surface area contributed by atoms with Gasteiger partial charge in [0.25, 0.3) is 0 Å². The van der Waals surface area contributed by atoms with Gasteiger partial charge in [0.2, 0.25) is 0 Å². The summed E-state index contributed by atoms with van der Waals surface area (Å²) in [5.74, 6) is 0.565. The smallest absolute Gasteiger partial charge is 0.173 e. The van der Waals surface area contributed by atoms with Gasteiger partial charge in [0.1, 0.15) is 6.26 Å². The molecule has 1 heterocycles. The molecule has 0 spiro atoms. The maximum Gasteiger partial charge on any atom is 0.173 e. The van der Waals surface area contributed by atoms with E-state index in [4.69, 9.17) is 4.74 Å². The molecule has 1 unspecified atom stereocenters. The van der Waals surface area contributed by atoms with Crippen LogP contribution in [0.25, 0.3) is 0 Å². The van der Waals surface area contributed by atoms with E-state index in [-0.39, 0.29) is 6.23 Å². The maximum atomic E-state index is 5.36. The third-order valence-electron chi connectivity index (χ3n) is 1.73. The molecule has 1 aliphatic heterocycles. The van der Waals surface area contributed by atoms with E-state index in [1.807, 2.05) is 6.20 Å². The predicted octanol–water partition coefficient (Wildman–Crippen LogP) is 1.79. The van der Waals surface area contributed by atoms with E-state index in [1.54, 1.807) is 6.26 Å². The molecule has 0 radical (unpaired) electrons. The molecule has 2 nitrogen and oxygen atoms in total. The molecular weight excluding hydrogens is 126 g/mol. The molecule has 0 saturated heterocycles. The summed E-state index contributed by atoms with van der Waals surface area (Å²) >= 11 is 0. The summed E-state index contributed by atoms with van der Waals surface area (Å²) in [5.41, 5.74) is 0. The van der Waals surface area contributed by atoms with E-state index in [2.05, 4.69) is 25.7 Å². The first-order valence-corrected chi connectivity index (χ1v) is 3.83. The Labute approximate surface area is 62.5 Å². The first-order chi connectivity index (χ1) is 4.75. The lowest BCUT2D eigenvalue weighted by atomic mass is 10.2. The van der Waals surface area contributed by atoms with Crippen LogP contribution in [0.15, 0.2) is 12.5 Å². The number of nitrogens with zero attached hydrogens (tertiary/aromatic N) is 1. The monoisotopic (exact) mass is 141 g/mol. The van der Waals surface area contributed by atoms with Crippen LogP contribution in [0.2, 0.25) is 0 Å². The van der Waals surface area contributed by atoms with Crippen molar-refractivity contribution in [2.75, 3.05) is 6.54 Å². The second-order valence-electron chi connectivity index (χ2n) is 2.89. The standard InChI is InChI=1S/C8H15NO/c1-4-9-5-6-10-8(9)7(2)3/h5-8H,4H2,1-3H3. The second-order valence-corrected chi connectivity index (χ2v) is 2.89. The minimum absolute atomic E-state index is 0.269. The Bertz CT molecular complexity index is 131. The van der Waals surface area contributed by atoms with Crippen molar-refractivity contribution in [3.63, 3.8) is 0 Å². The molecule has 58 valence electrons. The van der Waals surface area contributed by atoms with Crippen LogP contribution < -0.4 is 0 Å². The summed E-state index contributed by atoms with van der Waals surface area (Å²) < 4.78 is 5.36. The Kier molecular flexibility index (Phi) is 2.20. The van der Waals surface area contributed by atoms with Gasteiger partial charge >= 0.3 is 0 Å². The SMILES string of the molecule is CCN1C=COC1C(C)C. The lowest BCUT2D eigenvalue weighted by Crippen LogP contribution is -2.32. The highest BCUT2D eigenvalue weighted by atomic mass is 16.5. The van der Waals surface area contributed by atoms with Crippen molar-refractivity contribution in [3.8, 4) is 0 Å². The fraction of sp³-hybridized carbons (Fsp3) is 0.750. The molecule has 0 aromatic rings. The second kappa shape index (κ2) is 2.95. The van der Waals surface area contributed by atoms with Gasteiger partial charge in [-0.25, -0.2) is 0 Å². The van der Waals surface area contributed by atoms with E-state index in [1.165, 1.54) is 0 Å². The summed E-state index contributed by atoms with van der Waals surface area (Å²) in [6.07, 6.45) is 4.05. The normalized spacial score (nSPS) is 24.0. The van der Waals surface area contributed by atoms with Gasteiger partial charge in [-0.3, -0.25) is 0 Å². The van der Waals surface area contributed by atoms with Crippen molar-refractivity contribution >= 4 is 0 Å². The molecule has 0 aromatic heterocycles. The highest BCUT2D eigenvalue weighted by Crippen LogP contribution is 2.17. The van der Waals surface area contributed by atoms with Crippen molar-refractivity contribution in [3.05, 3.63) is 12.5 Å². The average Bonchev–Trinajstić information content (AvgIpc) is 2.33. The van der Waals surface area contributed by atoms with E-state index < -0.39 is 0 Å². The van der Waals surface area contributed by atoms with Gasteiger partial charge in [-0.1, -0.05) is 13.8 Å². The molecular formula is C8H15NO. The van der Waals surface area contributed by atoms with E-state index in [0.717, 1.165) is 6.54 Å². The van der Waals surface area contributed by atoms with E-state index in [0.29, 0.717) is 5.92 Å². The van der Waals surface area contributed by atoms with Crippen LogP contribution >= 0.6 is 0 Å². The van der Waals surface area contributed by atoms with E-state index >= 15 is 0 Å². The number of hydrogen-bond acceptors (Lipinski definition) is 2. The first kappa shape index (κ1) is 7.45. The van der Waals surface area contributed by atoms with Crippen LogP contribution in [-0.2, 0) is 4.74 Å². The van der Waals surface area contributed by atoms with Gasteiger partial charge in [-0.05, 0) is 6.92 Å². The Morgan fingerprint density at radius 1 is 1.60 bits per heavy atom. The van der Waals surface area contributed by atoms with Crippen LogP contribution in [0.5, 0.6) is 0 Å². The van der Waals surface area contributed by atoms with Gasteiger partial charge in [0, 0.05) is 18.7 Å². The molecule has 0 saturated carbocycles. The lowest BCUT2D eigenvalue weighted by molar-refractivity contribution is 0.0218. The number of hydrogen-bond donors (Lipinski definition) is 0. The quantitative estimate of drug-likeness (QED) is 0.581. The molecule has 10 heavy (non-hydrogen) atoms. The molecule has 0 amide bonds. The first-order valence-electron chi connectivity index (χ1n) is 3.83. The van der Waals surface area contributed by atoms with Crippen LogP contribution in [0.4, 0.5) is 0 Å². The zero-order valence-electron chi connectivity index (χ0n) is 6.87. The van der Waals surface area contributed by atoms with Gasteiger partial charge < -0.3 is 9.64 Å². The van der Waals surface area contributed by atoms with Crippen molar-refractivity contribution < 1.29 is 4.74 Å². The van der Waals surface area contributed by atoms with Crippen molar-refractivity contribution in [1.29, 1.82) is 0 Å². The Morgan fingerprint density at radius 2 is 2.30 bits per heavy atom. The fourth-order valence-electron chi connectivity index (χ4n) is 1.18. The Balaban J connectivity index is 2.47. The Hall–Kier alpha value is -0.660. The van der Waals surface area contributed by atoms with Crippen LogP contribution in [0.1, 0.15) is 20.8 Å². The molecule has 2 heteroatoms. The molecule has 0 bridgehead atoms. The van der Waals surface area contributed by atoms with Gasteiger partial charge in [-0.2, -0.15) is 0 Å². The molecule has 1 aliphatic rings. The van der Waals surface area contributed by atoms with Crippen molar-refractivity contribution in [1.82, 2.24) is 4.90 Å². The van der Waals surface area contributed by atoms with Gasteiger partial charge in [0.15, 0.2) is 6.23 Å². The molecule has 0 aliphatic carbocycles. The highest BCUT2D eigenvalue weighted by Gasteiger charge is 2.21. The lowest BCUT2D eigenvalue weighted by Gasteiger charge is -2.25. The zero-order valence-corrected chi connectivity index (χ0v) is 6.87. The Morgan fingerprint density at radius 3 is 2.70 bits per heavy atom. The topological polar surface area (TPSA) is 12.5 Å². The molecule has 0 fully saturated rings. The molecule has 1 atom stereocenters. The number of ether oxygens (including phenoxy) is 1. The minimum Gasteiger partial charge on any atom is -0.476 e. The summed E-state index contributed by atoms with van der Waals surface area (Å²) in [4.78, 5) is 2.20. The summed E-state index contributed by atoms with van der Waals surface area (Å²) in [6, 6.07) is 0. The van der Waals surface area contributed by atoms with Crippen LogP contribution in [0, 0.1) is 5.92 Å². The summed E-state index contributed by atoms with van der Waals surface area (Å²) in [7, 11) is 0. The molecule has 0 N–H and O–H groups in total. The maximum absolute atomic E-state index is 5.36. The minimum atomic E-state index is 0.269. The van der Waals surface area contributed by atoms with Crippen LogP contribution in [-0.4, -0.2) is 17.7 Å². The van der Waals surface area contributed by atoms with Crippen LogP contribution in [0.3, 0.4) is 0 Å². The van der Waals surface area contributed by atoms with Gasteiger partial charge in [-0.15, -0.1) is 0 Å². The zero-order chi connectivity index (χ0) is 7.56. The third-order valence-corrected chi connectivity index (χ3v) is 1.73. The predicted molar refractivity (Wildman–Crippen MR) is 41.2 cm³/mol. The summed E-state index contributed by atoms with van der Waals surface area (Å²) in [5, 5.41) is 0. The summed E-state index contributed by atoms with van der Waals surface area (Å²) in [6.45, 7) is 7.49. The molecule has 1 rings (SSSR count). The third kappa shape index (κ3) is 1.25. The van der Waals surface area contributed by atoms with Crippen molar-refractivity contribution in [2.24, 2.45) is 5.92 Å². The highest BCUT2D eigenvalue weighted by molar-refractivity contribution is 4.86. The average molecular weight is 141 g/mol. The molecule has 0 aromatic carbocycles. The van der Waals surface area contributed by atoms with Gasteiger partial charge in [0.05, 0.1) is 0 Å². The fourth-order valence-corrected chi connectivity index (χ4v) is 1.18.